The molecule has 5 heteroatoms. The number of methoxy groups -OCH3 is 1. The number of phenols is 1. The Hall–Kier alpha value is -1.75. The van der Waals surface area contributed by atoms with E-state index in [2.05, 4.69) is 0 Å². The molecule has 0 aliphatic carbocycles. The van der Waals surface area contributed by atoms with Crippen molar-refractivity contribution in [3.8, 4) is 5.75 Å². The Bertz CT molecular complexity index is 378. The molecule has 1 aromatic carbocycles. The van der Waals surface area contributed by atoms with Crippen LogP contribution in [0, 0.1) is 0 Å². The Morgan fingerprint density at radius 3 is 2.81 bits per heavy atom. The van der Waals surface area contributed by atoms with Gasteiger partial charge in [0.1, 0.15) is 11.9 Å². The van der Waals surface area contributed by atoms with Gasteiger partial charge in [-0.15, -0.1) is 0 Å². The van der Waals surface area contributed by atoms with Gasteiger partial charge in [-0.2, -0.15) is 0 Å². The van der Waals surface area contributed by atoms with Crippen LogP contribution in [0.3, 0.4) is 0 Å². The number of nitrogens with two attached hydrogens (primary N) is 1. The van der Waals surface area contributed by atoms with Gasteiger partial charge in [-0.05, 0) is 25.1 Å². The number of benzene rings is 1. The number of hydrogen-bond donors (Lipinski definition) is 2. The molecule has 5 nitrogen and oxygen atoms in total. The minimum absolute atomic E-state index is 0.131. The van der Waals surface area contributed by atoms with Crippen molar-refractivity contribution >= 4 is 11.7 Å². The van der Waals surface area contributed by atoms with Crippen LogP contribution in [0.2, 0.25) is 0 Å². The van der Waals surface area contributed by atoms with Gasteiger partial charge in [0.2, 0.25) is 0 Å². The number of carbonyl (C=O) groups excluding carboxylic acids is 1. The molecule has 16 heavy (non-hydrogen) atoms. The molecule has 0 heterocycles. The summed E-state index contributed by atoms with van der Waals surface area (Å²) in [6.45, 7) is 2.05. The Balaban J connectivity index is 2.69. The first-order chi connectivity index (χ1) is 7.54. The fraction of sp³-hybridized carbons (Fsp3) is 0.364. The van der Waals surface area contributed by atoms with E-state index in [0.717, 1.165) is 0 Å². The molecule has 0 bridgehead atoms. The number of carbonyl (C=O) groups is 1. The predicted octanol–water partition coefficient (Wildman–Crippen LogP) is 1.17. The highest BCUT2D eigenvalue weighted by Gasteiger charge is 2.13. The molecule has 0 amide bonds. The lowest BCUT2D eigenvalue weighted by molar-refractivity contribution is 0.0120. The van der Waals surface area contributed by atoms with Gasteiger partial charge in [-0.1, -0.05) is 0 Å². The second-order valence-corrected chi connectivity index (χ2v) is 3.44. The summed E-state index contributed by atoms with van der Waals surface area (Å²) >= 11 is 0. The van der Waals surface area contributed by atoms with E-state index in [1.165, 1.54) is 25.3 Å². The van der Waals surface area contributed by atoms with Crippen molar-refractivity contribution in [2.24, 2.45) is 0 Å². The van der Waals surface area contributed by atoms with Gasteiger partial charge in [0.15, 0.2) is 0 Å². The predicted molar refractivity (Wildman–Crippen MR) is 59.3 cm³/mol. The van der Waals surface area contributed by atoms with Crippen LogP contribution in [0.15, 0.2) is 18.2 Å². The van der Waals surface area contributed by atoms with E-state index in [-0.39, 0.29) is 23.1 Å². The maximum atomic E-state index is 11.6. The third kappa shape index (κ3) is 3.13. The van der Waals surface area contributed by atoms with Crippen LogP contribution in [-0.2, 0) is 9.47 Å². The average molecular weight is 225 g/mol. The van der Waals surface area contributed by atoms with Crippen molar-refractivity contribution < 1.29 is 19.4 Å². The smallest absolute Gasteiger partial charge is 0.338 e. The van der Waals surface area contributed by atoms with Gasteiger partial charge in [-0.3, -0.25) is 0 Å². The highest BCUT2D eigenvalue weighted by molar-refractivity contribution is 5.90. The SMILES string of the molecule is COCC(C)OC(=O)c1ccc(N)c(O)c1. The van der Waals surface area contributed by atoms with Crippen LogP contribution in [0.25, 0.3) is 0 Å². The van der Waals surface area contributed by atoms with E-state index in [1.807, 2.05) is 0 Å². The lowest BCUT2D eigenvalue weighted by Gasteiger charge is -2.12. The summed E-state index contributed by atoms with van der Waals surface area (Å²) in [5.41, 5.74) is 5.90. The summed E-state index contributed by atoms with van der Waals surface area (Å²) in [6, 6.07) is 4.22. The molecule has 3 N–H and O–H groups in total. The van der Waals surface area contributed by atoms with Gasteiger partial charge in [0, 0.05) is 7.11 Å². The largest absolute Gasteiger partial charge is 0.506 e. The minimum Gasteiger partial charge on any atom is -0.506 e. The lowest BCUT2D eigenvalue weighted by Crippen LogP contribution is -2.19. The van der Waals surface area contributed by atoms with E-state index >= 15 is 0 Å². The van der Waals surface area contributed by atoms with E-state index in [1.54, 1.807) is 6.92 Å². The monoisotopic (exact) mass is 225 g/mol. The van der Waals surface area contributed by atoms with Gasteiger partial charge in [0.25, 0.3) is 0 Å². The van der Waals surface area contributed by atoms with Gasteiger partial charge in [-0.25, -0.2) is 4.79 Å². The van der Waals surface area contributed by atoms with Crippen LogP contribution in [0.4, 0.5) is 5.69 Å². The third-order valence-corrected chi connectivity index (χ3v) is 1.98. The molecular formula is C11H15NO4. The first-order valence-electron chi connectivity index (χ1n) is 4.83. The van der Waals surface area contributed by atoms with Crippen molar-refractivity contribution in [1.82, 2.24) is 0 Å². The average Bonchev–Trinajstić information content (AvgIpc) is 2.22. The summed E-state index contributed by atoms with van der Waals surface area (Å²) < 4.78 is 9.89. The number of nitrogen functional groups attached to an aromatic ring is 1. The number of aromatic hydroxyl groups is 1. The number of phenolic OH excluding ortho intramolecular Hbond substituents is 1. The zero-order chi connectivity index (χ0) is 12.1. The minimum atomic E-state index is -0.514. The Morgan fingerprint density at radius 2 is 2.25 bits per heavy atom. The molecule has 1 rings (SSSR count). The van der Waals surface area contributed by atoms with Crippen molar-refractivity contribution in [1.29, 1.82) is 0 Å². The van der Waals surface area contributed by atoms with Crippen molar-refractivity contribution in [2.45, 2.75) is 13.0 Å². The normalized spacial score (nSPS) is 12.1. The van der Waals surface area contributed by atoms with Gasteiger partial charge < -0.3 is 20.3 Å². The molecule has 1 aromatic rings. The molecule has 0 fully saturated rings. The fourth-order valence-corrected chi connectivity index (χ4v) is 1.19. The van der Waals surface area contributed by atoms with Crippen LogP contribution in [-0.4, -0.2) is 30.9 Å². The van der Waals surface area contributed by atoms with Gasteiger partial charge >= 0.3 is 5.97 Å². The second kappa shape index (κ2) is 5.37. The van der Waals surface area contributed by atoms with Crippen LogP contribution in [0.5, 0.6) is 5.75 Å². The summed E-state index contributed by atoms with van der Waals surface area (Å²) in [5, 5.41) is 9.33. The Kier molecular flexibility index (Phi) is 4.13. The molecule has 0 aliphatic rings. The molecule has 88 valence electrons. The molecule has 1 unspecified atom stereocenters. The second-order valence-electron chi connectivity index (χ2n) is 3.44. The maximum absolute atomic E-state index is 11.6. The molecule has 0 aromatic heterocycles. The third-order valence-electron chi connectivity index (χ3n) is 1.98. The highest BCUT2D eigenvalue weighted by atomic mass is 16.6. The molecule has 0 radical (unpaired) electrons. The van der Waals surface area contributed by atoms with E-state index in [4.69, 9.17) is 15.2 Å². The zero-order valence-corrected chi connectivity index (χ0v) is 9.27. The summed E-state index contributed by atoms with van der Waals surface area (Å²) in [7, 11) is 1.53. The van der Waals surface area contributed by atoms with Gasteiger partial charge in [0.05, 0.1) is 17.9 Å². The van der Waals surface area contributed by atoms with Crippen LogP contribution < -0.4 is 5.73 Å². The van der Waals surface area contributed by atoms with E-state index < -0.39 is 5.97 Å². The standard InChI is InChI=1S/C11H15NO4/c1-7(6-15-2)16-11(14)8-3-4-9(12)10(13)5-8/h3-5,7,13H,6,12H2,1-2H3. The molecule has 1 atom stereocenters. The van der Waals surface area contributed by atoms with E-state index in [0.29, 0.717) is 6.61 Å². The highest BCUT2D eigenvalue weighted by Crippen LogP contribution is 2.21. The molecular weight excluding hydrogens is 210 g/mol. The molecule has 0 spiro atoms. The van der Waals surface area contributed by atoms with Crippen LogP contribution >= 0.6 is 0 Å². The fourth-order valence-electron chi connectivity index (χ4n) is 1.19. The molecule has 0 saturated heterocycles. The van der Waals surface area contributed by atoms with Crippen LogP contribution in [0.1, 0.15) is 17.3 Å². The summed E-state index contributed by atoms with van der Waals surface area (Å²) in [4.78, 5) is 11.6. The first-order valence-corrected chi connectivity index (χ1v) is 4.83. The molecule has 0 saturated carbocycles. The Morgan fingerprint density at radius 1 is 1.56 bits per heavy atom. The topological polar surface area (TPSA) is 81.8 Å². The van der Waals surface area contributed by atoms with Crippen molar-refractivity contribution in [2.75, 3.05) is 19.5 Å². The Labute approximate surface area is 93.8 Å². The van der Waals surface area contributed by atoms with Crippen molar-refractivity contribution in [3.05, 3.63) is 23.8 Å². The summed E-state index contributed by atoms with van der Waals surface area (Å²) in [5.74, 6) is -0.645. The summed E-state index contributed by atoms with van der Waals surface area (Å²) in [6.07, 6.45) is -0.336. The number of rotatable bonds is 4. The van der Waals surface area contributed by atoms with Crippen molar-refractivity contribution in [3.63, 3.8) is 0 Å². The van der Waals surface area contributed by atoms with E-state index in [9.17, 15) is 9.90 Å². The first kappa shape index (κ1) is 12.3. The number of ether oxygens (including phenoxy) is 2. The number of hydrogen-bond acceptors (Lipinski definition) is 5. The number of anilines is 1. The zero-order valence-electron chi connectivity index (χ0n) is 9.27. The molecule has 0 aliphatic heterocycles. The number of esters is 1. The lowest BCUT2D eigenvalue weighted by atomic mass is 10.2. The maximum Gasteiger partial charge on any atom is 0.338 e. The quantitative estimate of drug-likeness (QED) is 0.456.